The Morgan fingerprint density at radius 3 is 1.95 bits per heavy atom. The molecule has 0 bridgehead atoms. The molecule has 0 aromatic carbocycles. The zero-order valence-electron chi connectivity index (χ0n) is 13.7. The highest BCUT2D eigenvalue weighted by Crippen LogP contribution is 2.11. The summed E-state index contributed by atoms with van der Waals surface area (Å²) in [5.74, 6) is -1.11. The average molecular weight is 283 g/mol. The van der Waals surface area contributed by atoms with Crippen molar-refractivity contribution in [3.8, 4) is 0 Å². The van der Waals surface area contributed by atoms with E-state index in [1.165, 1.54) is 51.4 Å². The molecule has 0 atom stereocenters. The second-order valence-corrected chi connectivity index (χ2v) is 6.50. The van der Waals surface area contributed by atoms with Gasteiger partial charge in [-0.2, -0.15) is 0 Å². The maximum atomic E-state index is 10.6. The lowest BCUT2D eigenvalue weighted by molar-refractivity contribution is -0.890. The maximum absolute atomic E-state index is 10.6. The van der Waals surface area contributed by atoms with Crippen molar-refractivity contribution in [2.24, 2.45) is 0 Å². The summed E-state index contributed by atoms with van der Waals surface area (Å²) in [6.07, 6.45) is 11.1. The van der Waals surface area contributed by atoms with Gasteiger partial charge in [0.05, 0.1) is 33.2 Å². The molecule has 3 nitrogen and oxygen atoms in total. The van der Waals surface area contributed by atoms with Crippen molar-refractivity contribution in [1.29, 1.82) is 0 Å². The number of hydrogen-bond acceptors (Lipinski definition) is 2. The van der Waals surface area contributed by atoms with E-state index in [4.69, 9.17) is 0 Å². The highest BCUT2D eigenvalue weighted by molar-refractivity contribution is 5.83. The van der Waals surface area contributed by atoms with Crippen molar-refractivity contribution in [2.45, 2.75) is 64.7 Å². The number of quaternary nitrogens is 1. The van der Waals surface area contributed by atoms with Crippen molar-refractivity contribution in [3.63, 3.8) is 0 Å². The molecule has 0 aliphatic carbocycles. The number of carbonyl (C=O) groups excluding carboxylic acids is 1. The van der Waals surface area contributed by atoms with Crippen LogP contribution in [0, 0.1) is 0 Å². The van der Waals surface area contributed by atoms with E-state index in [2.05, 4.69) is 27.6 Å². The summed E-state index contributed by atoms with van der Waals surface area (Å²) in [4.78, 5) is 10.6. The first-order chi connectivity index (χ1) is 9.39. The first-order valence-corrected chi connectivity index (χ1v) is 8.10. The van der Waals surface area contributed by atoms with E-state index in [1.54, 1.807) is 0 Å². The first-order valence-electron chi connectivity index (χ1n) is 8.10. The Labute approximate surface area is 125 Å². The van der Waals surface area contributed by atoms with Crippen LogP contribution in [0.15, 0.2) is 12.2 Å². The largest absolute Gasteiger partial charge is 0.545 e. The van der Waals surface area contributed by atoms with Gasteiger partial charge in [0.25, 0.3) is 0 Å². The molecule has 0 heterocycles. The molecule has 0 saturated carbocycles. The number of nitrogens with zero attached hydrogens (tertiary/aromatic N) is 1. The lowest BCUT2D eigenvalue weighted by Gasteiger charge is -2.30. The van der Waals surface area contributed by atoms with E-state index in [0.29, 0.717) is 6.42 Å². The SMILES string of the molecule is C=C(CC[N+](C)(C)CCCCCCCCCC)C(=O)[O-]. The van der Waals surface area contributed by atoms with Crippen molar-refractivity contribution in [3.05, 3.63) is 12.2 Å². The number of rotatable bonds is 13. The molecule has 0 unspecified atom stereocenters. The van der Waals surface area contributed by atoms with Gasteiger partial charge in [0, 0.05) is 6.42 Å². The van der Waals surface area contributed by atoms with E-state index in [9.17, 15) is 9.90 Å². The van der Waals surface area contributed by atoms with Crippen molar-refractivity contribution in [2.75, 3.05) is 27.2 Å². The number of unbranched alkanes of at least 4 members (excludes halogenated alkanes) is 7. The summed E-state index contributed by atoms with van der Waals surface area (Å²) < 4.78 is 0.863. The van der Waals surface area contributed by atoms with Gasteiger partial charge >= 0.3 is 0 Å². The molecule has 0 amide bonds. The van der Waals surface area contributed by atoms with Crippen LogP contribution in [0.1, 0.15) is 64.7 Å². The number of carboxylic acids is 1. The van der Waals surface area contributed by atoms with Crippen LogP contribution in [0.3, 0.4) is 0 Å². The summed E-state index contributed by atoms with van der Waals surface area (Å²) in [6, 6.07) is 0. The standard InChI is InChI=1S/C17H33NO2/c1-5-6-7-8-9-10-11-12-14-18(3,4)15-13-16(2)17(19)20/h2,5-15H2,1,3-4H3. The minimum atomic E-state index is -1.11. The van der Waals surface area contributed by atoms with Crippen LogP contribution in [0.5, 0.6) is 0 Å². The summed E-state index contributed by atoms with van der Waals surface area (Å²) in [5, 5.41) is 10.6. The summed E-state index contributed by atoms with van der Waals surface area (Å²) in [6.45, 7) is 7.70. The summed E-state index contributed by atoms with van der Waals surface area (Å²) >= 11 is 0. The van der Waals surface area contributed by atoms with Crippen LogP contribution >= 0.6 is 0 Å². The normalized spacial score (nSPS) is 11.6. The summed E-state index contributed by atoms with van der Waals surface area (Å²) in [7, 11) is 4.31. The number of carbonyl (C=O) groups is 1. The molecule has 0 spiro atoms. The Balaban J connectivity index is 3.57. The molecule has 0 aromatic heterocycles. The molecule has 118 valence electrons. The van der Waals surface area contributed by atoms with Gasteiger partial charge in [-0.3, -0.25) is 0 Å². The number of carboxylic acid groups (broad SMARTS) is 1. The number of aliphatic carboxylic acids is 1. The minimum Gasteiger partial charge on any atom is -0.545 e. The zero-order valence-corrected chi connectivity index (χ0v) is 13.7. The quantitative estimate of drug-likeness (QED) is 0.296. The molecule has 0 rings (SSSR count). The molecule has 0 aliphatic rings. The molecule has 0 N–H and O–H groups in total. The Bertz CT molecular complexity index is 285. The van der Waals surface area contributed by atoms with Crippen LogP contribution in [0.2, 0.25) is 0 Å². The van der Waals surface area contributed by atoms with Gasteiger partial charge in [0.2, 0.25) is 0 Å². The molecular weight excluding hydrogens is 250 g/mol. The van der Waals surface area contributed by atoms with Crippen molar-refractivity contribution >= 4 is 5.97 Å². The Morgan fingerprint density at radius 1 is 0.950 bits per heavy atom. The van der Waals surface area contributed by atoms with Gasteiger partial charge in [-0.05, 0) is 18.4 Å². The van der Waals surface area contributed by atoms with Gasteiger partial charge in [-0.25, -0.2) is 0 Å². The van der Waals surface area contributed by atoms with E-state index in [1.807, 2.05) is 0 Å². The van der Waals surface area contributed by atoms with Crippen molar-refractivity contribution in [1.82, 2.24) is 0 Å². The van der Waals surface area contributed by atoms with E-state index < -0.39 is 5.97 Å². The lowest BCUT2D eigenvalue weighted by Crippen LogP contribution is -2.42. The molecule has 0 radical (unpaired) electrons. The van der Waals surface area contributed by atoms with Gasteiger partial charge in [-0.1, -0.05) is 52.0 Å². The highest BCUT2D eigenvalue weighted by atomic mass is 16.4. The third-order valence-corrected chi connectivity index (χ3v) is 3.92. The molecule has 20 heavy (non-hydrogen) atoms. The third-order valence-electron chi connectivity index (χ3n) is 3.92. The van der Waals surface area contributed by atoms with Gasteiger partial charge < -0.3 is 14.4 Å². The lowest BCUT2D eigenvalue weighted by atomic mass is 10.1. The monoisotopic (exact) mass is 283 g/mol. The maximum Gasteiger partial charge on any atom is 0.0823 e. The molecule has 3 heteroatoms. The van der Waals surface area contributed by atoms with Crippen molar-refractivity contribution < 1.29 is 14.4 Å². The number of hydrogen-bond donors (Lipinski definition) is 0. The van der Waals surface area contributed by atoms with Gasteiger partial charge in [0.1, 0.15) is 0 Å². The third kappa shape index (κ3) is 11.0. The second kappa shape index (κ2) is 10.9. The molecular formula is C17H33NO2. The molecule has 0 aromatic rings. The van der Waals surface area contributed by atoms with Crippen LogP contribution in [-0.2, 0) is 4.79 Å². The molecule has 0 fully saturated rings. The average Bonchev–Trinajstić information content (AvgIpc) is 2.39. The van der Waals surface area contributed by atoms with Crippen LogP contribution in [0.25, 0.3) is 0 Å². The fourth-order valence-electron chi connectivity index (χ4n) is 2.33. The molecule has 0 aliphatic heterocycles. The zero-order chi connectivity index (χ0) is 15.4. The fraction of sp³-hybridized carbons (Fsp3) is 0.824. The van der Waals surface area contributed by atoms with Crippen LogP contribution in [0.4, 0.5) is 0 Å². The summed E-state index contributed by atoms with van der Waals surface area (Å²) in [5.41, 5.74) is 0.215. The highest BCUT2D eigenvalue weighted by Gasteiger charge is 2.14. The topological polar surface area (TPSA) is 40.1 Å². The van der Waals surface area contributed by atoms with E-state index in [-0.39, 0.29) is 5.57 Å². The Morgan fingerprint density at radius 2 is 1.45 bits per heavy atom. The minimum absolute atomic E-state index is 0.215. The second-order valence-electron chi connectivity index (χ2n) is 6.50. The van der Waals surface area contributed by atoms with E-state index >= 15 is 0 Å². The van der Waals surface area contributed by atoms with Gasteiger partial charge in [0.15, 0.2) is 0 Å². The smallest absolute Gasteiger partial charge is 0.0823 e. The predicted molar refractivity (Wildman–Crippen MR) is 83.2 cm³/mol. The first kappa shape index (κ1) is 19.2. The Hall–Kier alpha value is -0.830. The van der Waals surface area contributed by atoms with Crippen LogP contribution < -0.4 is 5.11 Å². The van der Waals surface area contributed by atoms with E-state index in [0.717, 1.165) is 17.6 Å². The van der Waals surface area contributed by atoms with Crippen LogP contribution in [-0.4, -0.2) is 37.6 Å². The predicted octanol–water partition coefficient (Wildman–Crippen LogP) is 2.90. The fourth-order valence-corrected chi connectivity index (χ4v) is 2.33. The molecule has 0 saturated heterocycles. The Kier molecular flexibility index (Phi) is 10.4. The van der Waals surface area contributed by atoms with Gasteiger partial charge in [-0.15, -0.1) is 0 Å².